The number of nitrogens with zero attached hydrogens (tertiary/aromatic N) is 1. The Bertz CT molecular complexity index is 265. The summed E-state index contributed by atoms with van der Waals surface area (Å²) in [4.78, 5) is 4.44. The first-order chi connectivity index (χ1) is 8.83. The van der Waals surface area contributed by atoms with E-state index in [-0.39, 0.29) is 0 Å². The van der Waals surface area contributed by atoms with Crippen molar-refractivity contribution in [1.29, 1.82) is 0 Å². The molecule has 0 aromatic carbocycles. The Labute approximate surface area is 117 Å². The van der Waals surface area contributed by atoms with Gasteiger partial charge in [0.25, 0.3) is 0 Å². The third-order valence-electron chi connectivity index (χ3n) is 5.20. The van der Waals surface area contributed by atoms with E-state index < -0.39 is 0 Å². The highest BCUT2D eigenvalue weighted by molar-refractivity contribution is 7.78. The number of hydrogen-bond acceptors (Lipinski definition) is 2. The maximum atomic E-state index is 4.83. The van der Waals surface area contributed by atoms with Crippen LogP contribution in [0.1, 0.15) is 71.1 Å². The van der Waals surface area contributed by atoms with Crippen molar-refractivity contribution in [2.24, 2.45) is 22.7 Å². The van der Waals surface area contributed by atoms with Crippen LogP contribution in [0, 0.1) is 17.8 Å². The van der Waals surface area contributed by atoms with Crippen molar-refractivity contribution < 1.29 is 0 Å². The highest BCUT2D eigenvalue weighted by atomic mass is 32.1. The molecule has 0 aromatic heterocycles. The number of aliphatic imine (C=N–C) groups is 1. The molecule has 102 valence electrons. The first-order valence-electron chi connectivity index (χ1n) is 7.90. The number of thiocarbonyl (C=S) groups is 1. The van der Waals surface area contributed by atoms with Gasteiger partial charge < -0.3 is 0 Å². The molecular formula is C16H27NS. The van der Waals surface area contributed by atoms with Crippen LogP contribution in [0.3, 0.4) is 0 Å². The molecule has 1 atom stereocenters. The van der Waals surface area contributed by atoms with E-state index in [2.05, 4.69) is 17.1 Å². The molecule has 2 heteroatoms. The molecule has 1 unspecified atom stereocenters. The molecule has 0 bridgehead atoms. The summed E-state index contributed by atoms with van der Waals surface area (Å²) < 4.78 is 0. The second kappa shape index (κ2) is 7.40. The Morgan fingerprint density at radius 2 is 1.33 bits per heavy atom. The predicted molar refractivity (Wildman–Crippen MR) is 81.1 cm³/mol. The van der Waals surface area contributed by atoms with Gasteiger partial charge in [0.15, 0.2) is 0 Å². The minimum absolute atomic E-state index is 0.397. The van der Waals surface area contributed by atoms with Gasteiger partial charge >= 0.3 is 0 Å². The molecule has 2 aliphatic carbocycles. The third kappa shape index (κ3) is 3.65. The van der Waals surface area contributed by atoms with E-state index in [9.17, 15) is 0 Å². The summed E-state index contributed by atoms with van der Waals surface area (Å²) in [5, 5.41) is 2.63. The van der Waals surface area contributed by atoms with Crippen molar-refractivity contribution in [3.8, 4) is 0 Å². The third-order valence-corrected chi connectivity index (χ3v) is 5.31. The predicted octanol–water partition coefficient (Wildman–Crippen LogP) is 5.25. The van der Waals surface area contributed by atoms with Crippen LogP contribution in [0.25, 0.3) is 0 Å². The molecule has 2 fully saturated rings. The first kappa shape index (κ1) is 14.2. The van der Waals surface area contributed by atoms with Crippen LogP contribution >= 0.6 is 12.2 Å². The topological polar surface area (TPSA) is 12.4 Å². The Kier molecular flexibility index (Phi) is 5.85. The summed E-state index contributed by atoms with van der Waals surface area (Å²) in [6.07, 6.45) is 14.3. The maximum absolute atomic E-state index is 4.83. The molecular weight excluding hydrogens is 238 g/mol. The Morgan fingerprint density at radius 3 is 1.72 bits per heavy atom. The summed E-state index contributed by atoms with van der Waals surface area (Å²) in [7, 11) is 0. The number of rotatable bonds is 4. The summed E-state index contributed by atoms with van der Waals surface area (Å²) >= 11 is 4.83. The quantitative estimate of drug-likeness (QED) is 0.499. The highest BCUT2D eigenvalue weighted by Crippen LogP contribution is 2.42. The van der Waals surface area contributed by atoms with Gasteiger partial charge in [-0.3, -0.25) is 0 Å². The summed E-state index contributed by atoms with van der Waals surface area (Å²) in [6.45, 7) is 2.27. The van der Waals surface area contributed by atoms with E-state index in [4.69, 9.17) is 12.2 Å². The van der Waals surface area contributed by atoms with Crippen LogP contribution in [0.5, 0.6) is 0 Å². The van der Waals surface area contributed by atoms with Crippen molar-refractivity contribution >= 4 is 17.4 Å². The van der Waals surface area contributed by atoms with Crippen molar-refractivity contribution in [2.75, 3.05) is 0 Å². The lowest BCUT2D eigenvalue weighted by atomic mass is 9.67. The van der Waals surface area contributed by atoms with Crippen molar-refractivity contribution in [1.82, 2.24) is 0 Å². The number of isothiocyanates is 1. The largest absolute Gasteiger partial charge is 0.229 e. The molecule has 0 amide bonds. The van der Waals surface area contributed by atoms with Gasteiger partial charge in [0.05, 0.1) is 11.2 Å². The van der Waals surface area contributed by atoms with E-state index in [0.29, 0.717) is 6.04 Å². The molecule has 0 spiro atoms. The van der Waals surface area contributed by atoms with Crippen molar-refractivity contribution in [3.63, 3.8) is 0 Å². The highest BCUT2D eigenvalue weighted by Gasteiger charge is 2.34. The Hall–Kier alpha value is -0.200. The lowest BCUT2D eigenvalue weighted by Crippen LogP contribution is -2.34. The standard InChI is InChI=1S/C16H27NS/c1-13(17-12-18)16(14-8-4-2-5-9-14)15-10-6-3-7-11-15/h13-16H,2-11H2,1H3. The second-order valence-electron chi connectivity index (χ2n) is 6.33. The van der Waals surface area contributed by atoms with Crippen LogP contribution in [0.2, 0.25) is 0 Å². The summed E-state index contributed by atoms with van der Waals surface area (Å²) in [5.74, 6) is 2.59. The van der Waals surface area contributed by atoms with E-state index in [1.54, 1.807) is 0 Å². The lowest BCUT2D eigenvalue weighted by molar-refractivity contribution is 0.124. The van der Waals surface area contributed by atoms with Crippen LogP contribution in [0.4, 0.5) is 0 Å². The van der Waals surface area contributed by atoms with Gasteiger partial charge in [-0.05, 0) is 36.9 Å². The molecule has 1 nitrogen and oxygen atoms in total. The van der Waals surface area contributed by atoms with E-state index in [0.717, 1.165) is 17.8 Å². The Balaban J connectivity index is 2.07. The van der Waals surface area contributed by atoms with Crippen LogP contribution in [0.15, 0.2) is 4.99 Å². The minimum Gasteiger partial charge on any atom is -0.229 e. The molecule has 2 saturated carbocycles. The van der Waals surface area contributed by atoms with Gasteiger partial charge in [-0.2, -0.15) is 0 Å². The fourth-order valence-corrected chi connectivity index (χ4v) is 4.55. The van der Waals surface area contributed by atoms with Gasteiger partial charge in [0, 0.05) is 0 Å². The zero-order valence-corrected chi connectivity index (χ0v) is 12.6. The SMILES string of the molecule is CC(N=C=S)C(C1CCCCC1)C1CCCCC1. The van der Waals surface area contributed by atoms with Crippen molar-refractivity contribution in [3.05, 3.63) is 0 Å². The van der Waals surface area contributed by atoms with Gasteiger partial charge in [-0.1, -0.05) is 64.2 Å². The Morgan fingerprint density at radius 1 is 0.889 bits per heavy atom. The second-order valence-corrected chi connectivity index (χ2v) is 6.52. The molecule has 0 saturated heterocycles. The average molecular weight is 265 g/mol. The number of hydrogen-bond donors (Lipinski definition) is 0. The maximum Gasteiger partial charge on any atom is 0.0608 e. The van der Waals surface area contributed by atoms with Gasteiger partial charge in [0.1, 0.15) is 0 Å². The smallest absolute Gasteiger partial charge is 0.0608 e. The summed E-state index contributed by atoms with van der Waals surface area (Å²) in [6, 6.07) is 0.397. The fourth-order valence-electron chi connectivity index (χ4n) is 4.38. The van der Waals surface area contributed by atoms with Crippen LogP contribution in [-0.2, 0) is 0 Å². The van der Waals surface area contributed by atoms with E-state index >= 15 is 0 Å². The minimum atomic E-state index is 0.397. The molecule has 0 heterocycles. The van der Waals surface area contributed by atoms with Crippen LogP contribution < -0.4 is 0 Å². The van der Waals surface area contributed by atoms with Gasteiger partial charge in [0.2, 0.25) is 0 Å². The normalized spacial score (nSPS) is 24.8. The average Bonchev–Trinajstić information content (AvgIpc) is 2.42. The van der Waals surface area contributed by atoms with Gasteiger partial charge in [-0.15, -0.1) is 0 Å². The van der Waals surface area contributed by atoms with E-state index in [1.165, 1.54) is 64.2 Å². The lowest BCUT2D eigenvalue weighted by Gasteiger charge is -2.39. The summed E-state index contributed by atoms with van der Waals surface area (Å²) in [5.41, 5.74) is 0. The zero-order valence-electron chi connectivity index (χ0n) is 11.7. The molecule has 0 aliphatic heterocycles. The fraction of sp³-hybridized carbons (Fsp3) is 0.938. The van der Waals surface area contributed by atoms with Crippen LogP contribution in [-0.4, -0.2) is 11.2 Å². The molecule has 2 rings (SSSR count). The molecule has 2 aliphatic rings. The molecule has 18 heavy (non-hydrogen) atoms. The molecule has 0 radical (unpaired) electrons. The van der Waals surface area contributed by atoms with Crippen molar-refractivity contribution in [2.45, 2.75) is 77.2 Å². The zero-order chi connectivity index (χ0) is 12.8. The molecule has 0 aromatic rings. The molecule has 0 N–H and O–H groups in total. The first-order valence-corrected chi connectivity index (χ1v) is 8.30. The van der Waals surface area contributed by atoms with Gasteiger partial charge in [-0.25, -0.2) is 4.99 Å². The monoisotopic (exact) mass is 265 g/mol. The van der Waals surface area contributed by atoms with E-state index in [1.807, 2.05) is 0 Å².